The molecule has 0 radical (unpaired) electrons. The maximum atomic E-state index is 11.7. The Kier molecular flexibility index (Phi) is 15.7. The van der Waals surface area contributed by atoms with Crippen LogP contribution in [0.2, 0.25) is 0 Å². The van der Waals surface area contributed by atoms with E-state index in [-0.39, 0.29) is 6.54 Å². The lowest BCUT2D eigenvalue weighted by atomic mass is 10.00. The Morgan fingerprint density at radius 1 is 0.625 bits per heavy atom. The molecule has 0 amide bonds. The van der Waals surface area contributed by atoms with Crippen LogP contribution in [0.4, 0.5) is 0 Å². The summed E-state index contributed by atoms with van der Waals surface area (Å²) in [6, 6.07) is -3.38. The lowest BCUT2D eigenvalue weighted by Crippen LogP contribution is -2.70. The molecule has 0 saturated heterocycles. The summed E-state index contributed by atoms with van der Waals surface area (Å²) in [7, 11) is 0. The van der Waals surface area contributed by atoms with Gasteiger partial charge in [-0.3, -0.25) is 4.48 Å². The van der Waals surface area contributed by atoms with Gasteiger partial charge < -0.3 is 15.3 Å². The van der Waals surface area contributed by atoms with Gasteiger partial charge in [0, 0.05) is 0 Å². The van der Waals surface area contributed by atoms with Gasteiger partial charge in [-0.25, -0.2) is 14.4 Å². The van der Waals surface area contributed by atoms with Crippen molar-refractivity contribution in [2.75, 3.05) is 6.54 Å². The van der Waals surface area contributed by atoms with Crippen molar-refractivity contribution in [2.45, 2.75) is 123 Å². The van der Waals surface area contributed by atoms with E-state index in [9.17, 15) is 29.7 Å². The predicted molar refractivity (Wildman–Crippen MR) is 127 cm³/mol. The van der Waals surface area contributed by atoms with Crippen molar-refractivity contribution in [1.29, 1.82) is 0 Å². The minimum absolute atomic E-state index is 0.211. The van der Waals surface area contributed by atoms with Gasteiger partial charge in [0.25, 0.3) is 0 Å². The van der Waals surface area contributed by atoms with Crippen LogP contribution in [0.5, 0.6) is 0 Å². The molecule has 0 bridgehead atoms. The second-order valence-electron chi connectivity index (χ2n) is 8.99. The van der Waals surface area contributed by atoms with Gasteiger partial charge in [-0.15, -0.1) is 0 Å². The van der Waals surface area contributed by atoms with Gasteiger partial charge in [0.1, 0.15) is 0 Å². The number of allylic oxidation sites excluding steroid dienone is 2. The molecule has 0 heterocycles. The minimum Gasteiger partial charge on any atom is -0.477 e. The number of unbranched alkanes of at least 4 members (excludes halogenated alkanes) is 10. The van der Waals surface area contributed by atoms with Crippen molar-refractivity contribution in [3.63, 3.8) is 0 Å². The van der Waals surface area contributed by atoms with Gasteiger partial charge >= 0.3 is 17.9 Å². The summed E-state index contributed by atoms with van der Waals surface area (Å²) in [6.45, 7) is 6.67. The zero-order valence-corrected chi connectivity index (χ0v) is 20.6. The Bertz CT molecular complexity index is 539. The maximum Gasteiger partial charge on any atom is 0.362 e. The normalized spacial score (nSPS) is 16.4. The maximum absolute atomic E-state index is 11.7. The first-order valence-corrected chi connectivity index (χ1v) is 12.3. The lowest BCUT2D eigenvalue weighted by molar-refractivity contribution is -0.968. The highest BCUT2D eigenvalue weighted by Crippen LogP contribution is 2.27. The van der Waals surface area contributed by atoms with E-state index in [2.05, 4.69) is 19.1 Å². The molecule has 3 unspecified atom stereocenters. The van der Waals surface area contributed by atoms with Crippen molar-refractivity contribution in [3.05, 3.63) is 12.2 Å². The highest BCUT2D eigenvalue weighted by molar-refractivity contribution is 5.77. The molecule has 3 N–H and O–H groups in total. The third-order valence-corrected chi connectivity index (χ3v) is 6.79. The van der Waals surface area contributed by atoms with Gasteiger partial charge in [0.15, 0.2) is 18.1 Å². The average Bonchev–Trinajstić information content (AvgIpc) is 2.75. The Morgan fingerprint density at radius 2 is 0.969 bits per heavy atom. The number of aliphatic carboxylic acids is 3. The van der Waals surface area contributed by atoms with Crippen LogP contribution in [0, 0.1) is 0 Å². The van der Waals surface area contributed by atoms with Gasteiger partial charge in [-0.05, 0) is 59.3 Å². The molecule has 0 aromatic rings. The molecule has 7 heteroatoms. The predicted octanol–water partition coefficient (Wildman–Crippen LogP) is 5.48. The van der Waals surface area contributed by atoms with Crippen LogP contribution in [0.1, 0.15) is 105 Å². The average molecular weight is 457 g/mol. The first-order valence-electron chi connectivity index (χ1n) is 12.3. The van der Waals surface area contributed by atoms with Crippen LogP contribution in [0.25, 0.3) is 0 Å². The fourth-order valence-electron chi connectivity index (χ4n) is 4.48. The van der Waals surface area contributed by atoms with E-state index >= 15 is 0 Å². The van der Waals surface area contributed by atoms with Crippen LogP contribution >= 0.6 is 0 Å². The third kappa shape index (κ3) is 10.2. The molecule has 0 saturated carbocycles. The van der Waals surface area contributed by atoms with Crippen molar-refractivity contribution in [3.8, 4) is 0 Å². The quantitative estimate of drug-likeness (QED) is 0.127. The third-order valence-electron chi connectivity index (χ3n) is 6.79. The number of rotatable bonds is 20. The topological polar surface area (TPSA) is 112 Å². The number of nitrogens with zero attached hydrogens (tertiary/aromatic N) is 1. The summed E-state index contributed by atoms with van der Waals surface area (Å²) in [5.41, 5.74) is 0. The fourth-order valence-corrected chi connectivity index (χ4v) is 4.48. The van der Waals surface area contributed by atoms with Crippen molar-refractivity contribution in [1.82, 2.24) is 0 Å². The Morgan fingerprint density at radius 3 is 1.34 bits per heavy atom. The molecule has 186 valence electrons. The summed E-state index contributed by atoms with van der Waals surface area (Å²) in [4.78, 5) is 35.2. The number of carboxylic acid groups (broad SMARTS) is 3. The Balaban J connectivity index is 4.57. The van der Waals surface area contributed by atoms with Crippen molar-refractivity contribution < 1.29 is 34.2 Å². The van der Waals surface area contributed by atoms with Crippen LogP contribution in [-0.4, -0.2) is 62.4 Å². The summed E-state index contributed by atoms with van der Waals surface area (Å²) in [5, 5.41) is 28.8. The molecule has 0 rings (SSSR count). The zero-order chi connectivity index (χ0) is 24.6. The summed E-state index contributed by atoms with van der Waals surface area (Å²) >= 11 is 0. The summed E-state index contributed by atoms with van der Waals surface area (Å²) < 4.78 is -0.488. The molecule has 0 aromatic carbocycles. The van der Waals surface area contributed by atoms with E-state index in [1.807, 2.05) is 0 Å². The number of carbonyl (C=O) groups is 3. The summed E-state index contributed by atoms with van der Waals surface area (Å²) in [5.74, 6) is -3.54. The van der Waals surface area contributed by atoms with Gasteiger partial charge in [0.05, 0.1) is 6.54 Å². The second-order valence-corrected chi connectivity index (χ2v) is 8.99. The largest absolute Gasteiger partial charge is 0.477 e. The molecule has 0 aliphatic carbocycles. The fraction of sp³-hybridized carbons (Fsp3) is 0.800. The van der Waals surface area contributed by atoms with E-state index in [1.54, 1.807) is 0 Å². The standard InChI is InChI=1S/C25H45NO6/c1-5-6-7-8-9-10-11-12-13-14-15-16-17-18-19-26(20(2)23(27)28,21(3)24(29)30)22(4)25(31)32/h12-13,20-22H,5-11,14-19H2,1-4H3,(H2-,27,28,29,30,31,32)/p+1/b13-12+. The molecule has 0 spiro atoms. The molecule has 3 atom stereocenters. The summed E-state index contributed by atoms with van der Waals surface area (Å²) in [6.07, 6.45) is 17.8. The molecule has 7 nitrogen and oxygen atoms in total. The molecular weight excluding hydrogens is 410 g/mol. The van der Waals surface area contributed by atoms with Crippen LogP contribution in [0.3, 0.4) is 0 Å². The van der Waals surface area contributed by atoms with Gasteiger partial charge in [-0.1, -0.05) is 57.6 Å². The van der Waals surface area contributed by atoms with Gasteiger partial charge in [0.2, 0.25) is 0 Å². The van der Waals surface area contributed by atoms with Crippen molar-refractivity contribution in [2.24, 2.45) is 0 Å². The van der Waals surface area contributed by atoms with Gasteiger partial charge in [-0.2, -0.15) is 0 Å². The Labute approximate surface area is 194 Å². The Hall–Kier alpha value is -1.89. The van der Waals surface area contributed by atoms with E-state index in [4.69, 9.17) is 0 Å². The van der Waals surface area contributed by atoms with Crippen LogP contribution < -0.4 is 0 Å². The smallest absolute Gasteiger partial charge is 0.362 e. The van der Waals surface area contributed by atoms with Crippen molar-refractivity contribution >= 4 is 17.9 Å². The molecule has 0 aromatic heterocycles. The van der Waals surface area contributed by atoms with Crippen LogP contribution in [0.15, 0.2) is 12.2 Å². The first-order chi connectivity index (χ1) is 15.1. The number of hydrogen-bond acceptors (Lipinski definition) is 3. The minimum atomic E-state index is -1.18. The number of carboxylic acids is 3. The number of hydrogen-bond donors (Lipinski definition) is 3. The monoisotopic (exact) mass is 456 g/mol. The SMILES string of the molecule is CCCCCCCC/C=C/CCCCCC[N+](C(C)C(=O)O)(C(C)C(=O)O)C(C)C(=O)O. The second kappa shape index (κ2) is 16.7. The molecule has 0 fully saturated rings. The molecular formula is C25H46NO6+. The molecule has 0 aliphatic heterocycles. The number of quaternary nitrogens is 1. The molecule has 0 aliphatic rings. The molecule has 32 heavy (non-hydrogen) atoms. The van der Waals surface area contributed by atoms with E-state index in [0.717, 1.165) is 32.1 Å². The highest BCUT2D eigenvalue weighted by atomic mass is 16.4. The van der Waals surface area contributed by atoms with Crippen LogP contribution in [-0.2, 0) is 14.4 Å². The van der Waals surface area contributed by atoms with E-state index in [0.29, 0.717) is 6.42 Å². The zero-order valence-electron chi connectivity index (χ0n) is 20.6. The van der Waals surface area contributed by atoms with E-state index < -0.39 is 40.5 Å². The first kappa shape index (κ1) is 30.1. The highest BCUT2D eigenvalue weighted by Gasteiger charge is 2.52. The lowest BCUT2D eigenvalue weighted by Gasteiger charge is -2.47. The van der Waals surface area contributed by atoms with E-state index in [1.165, 1.54) is 59.3 Å².